The number of hydrogen-bond donors (Lipinski definition) is 1. The van der Waals surface area contributed by atoms with Crippen LogP contribution in [0.2, 0.25) is 0 Å². The van der Waals surface area contributed by atoms with E-state index in [1.54, 1.807) is 4.80 Å². The van der Waals surface area contributed by atoms with E-state index >= 15 is 0 Å². The summed E-state index contributed by atoms with van der Waals surface area (Å²) in [5, 5.41) is 10.9. The molecule has 0 spiro atoms. The van der Waals surface area contributed by atoms with Gasteiger partial charge in [0.2, 0.25) is 0 Å². The van der Waals surface area contributed by atoms with Crippen molar-refractivity contribution in [3.8, 4) is 11.4 Å². The lowest BCUT2D eigenvalue weighted by molar-refractivity contribution is -0.783. The third-order valence-corrected chi connectivity index (χ3v) is 1.86. The highest BCUT2D eigenvalue weighted by Gasteiger charge is 2.10. The first-order chi connectivity index (χ1) is 6.25. The number of rotatable bonds is 1. The molecule has 0 saturated heterocycles. The summed E-state index contributed by atoms with van der Waals surface area (Å²) in [5.74, 6) is 0.725. The van der Waals surface area contributed by atoms with Gasteiger partial charge in [-0.3, -0.25) is 0 Å². The summed E-state index contributed by atoms with van der Waals surface area (Å²) < 4.78 is 0. The summed E-state index contributed by atoms with van der Waals surface area (Å²) in [6, 6.07) is 8.12. The second-order valence-corrected chi connectivity index (χ2v) is 3.03. The minimum absolute atomic E-state index is 0.725. The molecule has 2 aromatic rings. The Hall–Kier alpha value is -1.71. The van der Waals surface area contributed by atoms with Crippen molar-refractivity contribution >= 4 is 0 Å². The smallest absolute Gasteiger partial charge is 0.0648 e. The van der Waals surface area contributed by atoms with Gasteiger partial charge in [-0.2, -0.15) is 0 Å². The van der Waals surface area contributed by atoms with Crippen LogP contribution in [-0.4, -0.2) is 15.4 Å². The molecule has 4 heteroatoms. The predicted molar refractivity (Wildman–Crippen MR) is 47.7 cm³/mol. The average molecular weight is 175 g/mol. The first-order valence-corrected chi connectivity index (χ1v) is 4.11. The van der Waals surface area contributed by atoms with Crippen molar-refractivity contribution in [2.45, 2.75) is 6.92 Å². The van der Waals surface area contributed by atoms with E-state index < -0.39 is 0 Å². The largest absolute Gasteiger partial charge is 0.338 e. The molecule has 0 bridgehead atoms. The number of tetrazole rings is 1. The van der Waals surface area contributed by atoms with Crippen molar-refractivity contribution in [2.75, 3.05) is 0 Å². The molecule has 0 saturated carbocycles. The van der Waals surface area contributed by atoms with E-state index in [1.165, 1.54) is 5.56 Å². The standard InChI is InChI=1S/C9H10N4/c1-7-3-5-8(6-4-7)9-10-12-13(2)11-9/h3-6H,1-2H3/p+1. The van der Waals surface area contributed by atoms with Gasteiger partial charge < -0.3 is 0 Å². The zero-order chi connectivity index (χ0) is 9.26. The van der Waals surface area contributed by atoms with Crippen LogP contribution in [0.25, 0.3) is 11.4 Å². The van der Waals surface area contributed by atoms with Crippen molar-refractivity contribution in [3.05, 3.63) is 29.8 Å². The van der Waals surface area contributed by atoms with Crippen molar-refractivity contribution in [2.24, 2.45) is 7.05 Å². The van der Waals surface area contributed by atoms with Crippen LogP contribution in [0.15, 0.2) is 24.3 Å². The van der Waals surface area contributed by atoms with Gasteiger partial charge in [0, 0.05) is 0 Å². The fourth-order valence-electron chi connectivity index (χ4n) is 1.13. The molecular formula is C9H11N4+. The van der Waals surface area contributed by atoms with E-state index in [4.69, 9.17) is 0 Å². The van der Waals surface area contributed by atoms with Gasteiger partial charge >= 0.3 is 5.82 Å². The highest BCUT2D eigenvalue weighted by Crippen LogP contribution is 2.12. The first kappa shape index (κ1) is 7.91. The highest BCUT2D eigenvalue weighted by atomic mass is 15.6. The molecule has 0 amide bonds. The number of aromatic amines is 1. The molecule has 4 nitrogen and oxygen atoms in total. The molecule has 0 aliphatic carbocycles. The van der Waals surface area contributed by atoms with Gasteiger partial charge in [-0.15, -0.1) is 0 Å². The fraction of sp³-hybridized carbons (Fsp3) is 0.222. The van der Waals surface area contributed by atoms with Crippen LogP contribution >= 0.6 is 0 Å². The molecule has 13 heavy (non-hydrogen) atoms. The van der Waals surface area contributed by atoms with Gasteiger partial charge in [-0.1, -0.05) is 22.5 Å². The van der Waals surface area contributed by atoms with Gasteiger partial charge in [0.05, 0.1) is 10.7 Å². The molecule has 0 aliphatic rings. The number of benzene rings is 1. The Morgan fingerprint density at radius 2 is 1.92 bits per heavy atom. The van der Waals surface area contributed by atoms with Gasteiger partial charge in [0.15, 0.2) is 0 Å². The van der Waals surface area contributed by atoms with Crippen LogP contribution in [0.3, 0.4) is 0 Å². The van der Waals surface area contributed by atoms with E-state index in [1.807, 2.05) is 31.3 Å². The summed E-state index contributed by atoms with van der Waals surface area (Å²) in [5.41, 5.74) is 2.27. The Morgan fingerprint density at radius 3 is 2.46 bits per heavy atom. The number of aryl methyl sites for hydroxylation is 2. The molecule has 1 aromatic carbocycles. The molecule has 0 atom stereocenters. The molecule has 0 radical (unpaired) electrons. The van der Waals surface area contributed by atoms with Crippen LogP contribution in [0.4, 0.5) is 0 Å². The third kappa shape index (κ3) is 1.56. The van der Waals surface area contributed by atoms with Crippen LogP contribution in [0, 0.1) is 6.92 Å². The summed E-state index contributed by atoms with van der Waals surface area (Å²) in [6.07, 6.45) is 0. The molecule has 2 rings (SSSR count). The number of hydrogen-bond acceptors (Lipinski definition) is 2. The maximum Gasteiger partial charge on any atom is 0.338 e. The zero-order valence-electron chi connectivity index (χ0n) is 7.65. The summed E-state index contributed by atoms with van der Waals surface area (Å²) in [7, 11) is 1.81. The molecule has 1 heterocycles. The van der Waals surface area contributed by atoms with Crippen molar-refractivity contribution in [3.63, 3.8) is 0 Å². The lowest BCUT2D eigenvalue weighted by atomic mass is 10.1. The van der Waals surface area contributed by atoms with E-state index in [0.29, 0.717) is 0 Å². The van der Waals surface area contributed by atoms with Crippen LogP contribution in [0.5, 0.6) is 0 Å². The topological polar surface area (TPSA) is 45.5 Å². The molecule has 66 valence electrons. The Balaban J connectivity index is 2.41. The van der Waals surface area contributed by atoms with Crippen LogP contribution < -0.4 is 4.80 Å². The second kappa shape index (κ2) is 2.97. The minimum atomic E-state index is 0.725. The lowest BCUT2D eigenvalue weighted by Gasteiger charge is -1.90. The lowest BCUT2D eigenvalue weighted by Crippen LogP contribution is -2.33. The summed E-state index contributed by atoms with van der Waals surface area (Å²) in [6.45, 7) is 2.06. The fourth-order valence-corrected chi connectivity index (χ4v) is 1.13. The van der Waals surface area contributed by atoms with E-state index in [2.05, 4.69) is 22.3 Å². The molecule has 1 N–H and O–H groups in total. The number of nitrogens with one attached hydrogen (secondary N) is 1. The highest BCUT2D eigenvalue weighted by molar-refractivity contribution is 5.53. The Bertz CT molecular complexity index is 402. The van der Waals surface area contributed by atoms with Crippen molar-refractivity contribution in [1.82, 2.24) is 15.4 Å². The molecular weight excluding hydrogens is 164 g/mol. The molecule has 0 aliphatic heterocycles. The Labute approximate surface area is 76.2 Å². The van der Waals surface area contributed by atoms with Crippen LogP contribution in [-0.2, 0) is 7.05 Å². The normalized spacial score (nSPS) is 10.3. The van der Waals surface area contributed by atoms with E-state index in [9.17, 15) is 0 Å². The van der Waals surface area contributed by atoms with Gasteiger partial charge in [0.1, 0.15) is 7.05 Å². The third-order valence-electron chi connectivity index (χ3n) is 1.86. The maximum atomic E-state index is 4.16. The van der Waals surface area contributed by atoms with Crippen molar-refractivity contribution in [1.29, 1.82) is 0 Å². The molecule has 0 fully saturated rings. The number of H-pyrrole nitrogens is 1. The van der Waals surface area contributed by atoms with Gasteiger partial charge in [-0.05, 0) is 29.4 Å². The molecule has 1 aromatic heterocycles. The average Bonchev–Trinajstić information content (AvgIpc) is 2.53. The predicted octanol–water partition coefficient (Wildman–Crippen LogP) is 0.605. The van der Waals surface area contributed by atoms with E-state index in [0.717, 1.165) is 11.4 Å². The van der Waals surface area contributed by atoms with E-state index in [-0.39, 0.29) is 0 Å². The van der Waals surface area contributed by atoms with Gasteiger partial charge in [-0.25, -0.2) is 0 Å². The second-order valence-electron chi connectivity index (χ2n) is 3.03. The number of nitrogens with zero attached hydrogens (tertiary/aromatic N) is 3. The SMILES string of the molecule is Cc1ccc(-c2n[nH][n+](C)n2)cc1. The maximum absolute atomic E-state index is 4.16. The Kier molecular flexibility index (Phi) is 1.81. The summed E-state index contributed by atoms with van der Waals surface area (Å²) in [4.78, 5) is 1.58. The van der Waals surface area contributed by atoms with Crippen molar-refractivity contribution < 1.29 is 4.80 Å². The summed E-state index contributed by atoms with van der Waals surface area (Å²) >= 11 is 0. The zero-order valence-corrected chi connectivity index (χ0v) is 7.65. The minimum Gasteiger partial charge on any atom is -0.0648 e. The quantitative estimate of drug-likeness (QED) is 0.645. The van der Waals surface area contributed by atoms with Gasteiger partial charge in [0.25, 0.3) is 0 Å². The Morgan fingerprint density at radius 1 is 1.23 bits per heavy atom. The monoisotopic (exact) mass is 175 g/mol. The first-order valence-electron chi connectivity index (χ1n) is 4.11. The number of aromatic nitrogens is 4. The van der Waals surface area contributed by atoms with Crippen LogP contribution in [0.1, 0.15) is 5.56 Å². The molecule has 0 unspecified atom stereocenters.